The Morgan fingerprint density at radius 1 is 0.765 bits per heavy atom. The molecule has 2 N–H and O–H groups in total. The maximum atomic E-state index is 9.40. The summed E-state index contributed by atoms with van der Waals surface area (Å²) in [5, 5.41) is 19.9. The molecule has 0 fully saturated rings. The van der Waals surface area contributed by atoms with E-state index in [4.69, 9.17) is 23.2 Å². The number of hydrogen-bond acceptors (Lipinski definition) is 2. The van der Waals surface area contributed by atoms with Crippen molar-refractivity contribution in [3.8, 4) is 11.5 Å². The summed E-state index contributed by atoms with van der Waals surface area (Å²) in [5.74, 6) is 0.307. The molecule has 0 spiro atoms. The number of aromatic hydroxyl groups is 2. The Bertz CT molecular complexity index is 504. The first-order chi connectivity index (χ1) is 8.06. The molecule has 2 aromatic carbocycles. The highest BCUT2D eigenvalue weighted by molar-refractivity contribution is 6.32. The summed E-state index contributed by atoms with van der Waals surface area (Å²) in [5.41, 5.74) is 1.53. The Morgan fingerprint density at radius 2 is 1.18 bits per heavy atom. The first-order valence-corrected chi connectivity index (χ1v) is 5.76. The first-order valence-electron chi connectivity index (χ1n) is 5.01. The van der Waals surface area contributed by atoms with Crippen molar-refractivity contribution in [3.05, 3.63) is 57.6 Å². The minimum atomic E-state index is 0.153. The zero-order valence-corrected chi connectivity index (χ0v) is 10.3. The topological polar surface area (TPSA) is 40.5 Å². The number of rotatable bonds is 2. The number of phenols is 2. The van der Waals surface area contributed by atoms with Crippen LogP contribution in [0.5, 0.6) is 11.5 Å². The largest absolute Gasteiger partial charge is 0.508 e. The third kappa shape index (κ3) is 2.84. The summed E-state index contributed by atoms with van der Waals surface area (Å²) in [4.78, 5) is 0. The van der Waals surface area contributed by atoms with Crippen molar-refractivity contribution in [2.45, 2.75) is 6.42 Å². The summed E-state index contributed by atoms with van der Waals surface area (Å²) >= 11 is 12.0. The normalized spacial score (nSPS) is 10.5. The highest BCUT2D eigenvalue weighted by Crippen LogP contribution is 2.28. The molecule has 0 unspecified atom stereocenters. The summed E-state index contributed by atoms with van der Waals surface area (Å²) in [6.07, 6.45) is 0.459. The second kappa shape index (κ2) is 4.86. The van der Waals surface area contributed by atoms with Gasteiger partial charge in [0.05, 0.1) is 0 Å². The van der Waals surface area contributed by atoms with Gasteiger partial charge in [-0.05, 0) is 47.5 Å². The lowest BCUT2D eigenvalue weighted by Crippen LogP contribution is -1.90. The van der Waals surface area contributed by atoms with E-state index < -0.39 is 0 Å². The second-order valence-corrected chi connectivity index (χ2v) is 4.54. The number of halogens is 2. The highest BCUT2D eigenvalue weighted by Gasteiger charge is 2.07. The van der Waals surface area contributed by atoms with Crippen molar-refractivity contribution in [3.63, 3.8) is 0 Å². The summed E-state index contributed by atoms with van der Waals surface area (Å²) in [6.45, 7) is 0. The molecule has 2 aromatic rings. The Kier molecular flexibility index (Phi) is 3.46. The molecule has 0 heterocycles. The zero-order valence-electron chi connectivity index (χ0n) is 8.82. The molecule has 0 saturated heterocycles. The summed E-state index contributed by atoms with van der Waals surface area (Å²) in [6, 6.07) is 9.48. The van der Waals surface area contributed by atoms with E-state index in [1.54, 1.807) is 24.3 Å². The predicted molar refractivity (Wildman–Crippen MR) is 69.0 cm³/mol. The van der Waals surface area contributed by atoms with E-state index in [-0.39, 0.29) is 11.5 Å². The molecular weight excluding hydrogens is 259 g/mol. The average Bonchev–Trinajstić information content (AvgIpc) is 2.28. The predicted octanol–water partition coefficient (Wildman–Crippen LogP) is 4.00. The smallest absolute Gasteiger partial charge is 0.115 e. The molecule has 0 aliphatic heterocycles. The number of hydrogen-bond donors (Lipinski definition) is 2. The lowest BCUT2D eigenvalue weighted by atomic mass is 10.0. The van der Waals surface area contributed by atoms with Gasteiger partial charge in [0.25, 0.3) is 0 Å². The number of phenolic OH excluding ortho intramolecular Hbond substituents is 2. The van der Waals surface area contributed by atoms with Gasteiger partial charge in [0.1, 0.15) is 11.5 Å². The molecule has 0 aromatic heterocycles. The van der Waals surface area contributed by atoms with Crippen LogP contribution >= 0.6 is 23.2 Å². The highest BCUT2D eigenvalue weighted by atomic mass is 35.5. The lowest BCUT2D eigenvalue weighted by Gasteiger charge is -2.07. The third-order valence-electron chi connectivity index (χ3n) is 2.44. The molecule has 0 bridgehead atoms. The van der Waals surface area contributed by atoms with E-state index in [1.807, 2.05) is 0 Å². The standard InChI is InChI=1S/C13H10Cl2O2/c14-12-3-1-10(16)6-8(12)5-9-7-11(17)2-4-13(9)15/h1-4,6-7,16-17H,5H2. The van der Waals surface area contributed by atoms with E-state index >= 15 is 0 Å². The quantitative estimate of drug-likeness (QED) is 0.865. The van der Waals surface area contributed by atoms with Gasteiger partial charge in [-0.15, -0.1) is 0 Å². The maximum absolute atomic E-state index is 9.40. The van der Waals surface area contributed by atoms with Gasteiger partial charge in [0.15, 0.2) is 0 Å². The minimum Gasteiger partial charge on any atom is -0.508 e. The molecule has 0 amide bonds. The van der Waals surface area contributed by atoms with Gasteiger partial charge in [-0.25, -0.2) is 0 Å². The van der Waals surface area contributed by atoms with Gasteiger partial charge in [0, 0.05) is 16.5 Å². The fraction of sp³-hybridized carbons (Fsp3) is 0.0769. The Hall–Kier alpha value is -1.38. The van der Waals surface area contributed by atoms with Gasteiger partial charge < -0.3 is 10.2 Å². The molecule has 2 rings (SSSR count). The third-order valence-corrected chi connectivity index (χ3v) is 3.18. The van der Waals surface area contributed by atoms with Crippen LogP contribution in [0.2, 0.25) is 10.0 Å². The van der Waals surface area contributed by atoms with E-state index in [0.717, 1.165) is 11.1 Å². The summed E-state index contributed by atoms with van der Waals surface area (Å²) < 4.78 is 0. The Balaban J connectivity index is 2.37. The fourth-order valence-electron chi connectivity index (χ4n) is 1.60. The number of benzene rings is 2. The van der Waals surface area contributed by atoms with Crippen LogP contribution in [0.25, 0.3) is 0 Å². The van der Waals surface area contributed by atoms with Gasteiger partial charge >= 0.3 is 0 Å². The van der Waals surface area contributed by atoms with Crippen molar-refractivity contribution < 1.29 is 10.2 Å². The monoisotopic (exact) mass is 268 g/mol. The molecule has 17 heavy (non-hydrogen) atoms. The molecule has 0 atom stereocenters. The fourth-order valence-corrected chi connectivity index (χ4v) is 1.97. The Morgan fingerprint density at radius 3 is 1.59 bits per heavy atom. The minimum absolute atomic E-state index is 0.153. The Labute approximate surface area is 109 Å². The molecule has 88 valence electrons. The lowest BCUT2D eigenvalue weighted by molar-refractivity contribution is 0.474. The molecule has 4 heteroatoms. The SMILES string of the molecule is Oc1ccc(Cl)c(Cc2cc(O)ccc2Cl)c1. The molecule has 2 nitrogen and oxygen atoms in total. The van der Waals surface area contributed by atoms with Crippen molar-refractivity contribution in [2.24, 2.45) is 0 Å². The molecule has 0 saturated carbocycles. The van der Waals surface area contributed by atoms with Crippen LogP contribution in [0.1, 0.15) is 11.1 Å². The molecule has 0 aliphatic rings. The van der Waals surface area contributed by atoms with Gasteiger partial charge in [-0.2, -0.15) is 0 Å². The van der Waals surface area contributed by atoms with Crippen LogP contribution in [0.3, 0.4) is 0 Å². The van der Waals surface area contributed by atoms with Crippen LogP contribution in [-0.4, -0.2) is 10.2 Å². The average molecular weight is 269 g/mol. The van der Waals surface area contributed by atoms with Gasteiger partial charge in [0.2, 0.25) is 0 Å². The van der Waals surface area contributed by atoms with Crippen molar-refractivity contribution in [1.82, 2.24) is 0 Å². The van der Waals surface area contributed by atoms with E-state index in [9.17, 15) is 10.2 Å². The molecule has 0 radical (unpaired) electrons. The molecule has 0 aliphatic carbocycles. The maximum Gasteiger partial charge on any atom is 0.115 e. The van der Waals surface area contributed by atoms with Crippen LogP contribution in [0.15, 0.2) is 36.4 Å². The van der Waals surface area contributed by atoms with Crippen molar-refractivity contribution in [2.75, 3.05) is 0 Å². The van der Waals surface area contributed by atoms with Gasteiger partial charge in [-0.1, -0.05) is 23.2 Å². The summed E-state index contributed by atoms with van der Waals surface area (Å²) in [7, 11) is 0. The van der Waals surface area contributed by atoms with Crippen molar-refractivity contribution in [1.29, 1.82) is 0 Å². The van der Waals surface area contributed by atoms with E-state index in [1.165, 1.54) is 12.1 Å². The first kappa shape index (κ1) is 12.1. The van der Waals surface area contributed by atoms with Crippen LogP contribution in [0, 0.1) is 0 Å². The molecular formula is C13H10Cl2O2. The van der Waals surface area contributed by atoms with E-state index in [2.05, 4.69) is 0 Å². The van der Waals surface area contributed by atoms with Crippen molar-refractivity contribution >= 4 is 23.2 Å². The van der Waals surface area contributed by atoms with Gasteiger partial charge in [-0.3, -0.25) is 0 Å². The zero-order chi connectivity index (χ0) is 12.4. The van der Waals surface area contributed by atoms with Crippen LogP contribution < -0.4 is 0 Å². The second-order valence-electron chi connectivity index (χ2n) is 3.73. The van der Waals surface area contributed by atoms with Crippen LogP contribution in [-0.2, 0) is 6.42 Å². The van der Waals surface area contributed by atoms with Crippen LogP contribution in [0.4, 0.5) is 0 Å². The van der Waals surface area contributed by atoms with E-state index in [0.29, 0.717) is 16.5 Å².